The summed E-state index contributed by atoms with van der Waals surface area (Å²) in [5.74, 6) is -2.90. The van der Waals surface area contributed by atoms with E-state index >= 15 is 0 Å². The van der Waals surface area contributed by atoms with Crippen LogP contribution in [0.5, 0.6) is 0 Å². The molecule has 3 heterocycles. The van der Waals surface area contributed by atoms with Gasteiger partial charge in [0.25, 0.3) is 0 Å². The van der Waals surface area contributed by atoms with E-state index in [1.807, 2.05) is 0 Å². The van der Waals surface area contributed by atoms with E-state index in [9.17, 15) is 16.4 Å². The Hall–Kier alpha value is -6.63. The second kappa shape index (κ2) is 13.8. The maximum absolute atomic E-state index is 10.6. The van der Waals surface area contributed by atoms with Crippen molar-refractivity contribution in [2.45, 2.75) is 37.6 Å². The van der Waals surface area contributed by atoms with Crippen LogP contribution in [0.15, 0.2) is 181 Å². The Morgan fingerprint density at radius 3 is 1.28 bits per heavy atom. The summed E-state index contributed by atoms with van der Waals surface area (Å²) in [6, 6.07) is -27.8. The zero-order chi connectivity index (χ0) is 63.9. The smallest absolute Gasteiger partial charge is 0.240 e. The fourth-order valence-electron chi connectivity index (χ4n) is 7.98. The lowest BCUT2D eigenvalue weighted by molar-refractivity contribution is 0.497. The van der Waals surface area contributed by atoms with Crippen molar-refractivity contribution in [1.82, 2.24) is 24.1 Å². The van der Waals surface area contributed by atoms with Crippen molar-refractivity contribution in [1.29, 1.82) is 0 Å². The van der Waals surface area contributed by atoms with Crippen LogP contribution >= 0.6 is 0 Å². The Kier molecular flexibility index (Phi) is 3.65. The second-order valence-corrected chi connectivity index (χ2v) is 17.1. The lowest BCUT2D eigenvalue weighted by Crippen LogP contribution is -2.70. The maximum Gasteiger partial charge on any atom is 0.240 e. The van der Waals surface area contributed by atoms with Crippen molar-refractivity contribution in [3.05, 3.63) is 181 Å². The first-order valence-corrected chi connectivity index (χ1v) is 19.9. The first-order chi connectivity index (χ1) is 40.7. The number of nitrogens with zero attached hydrogens (tertiary/aromatic N) is 5. The topological polar surface area (TPSA) is 48.5 Å². The molecule has 0 atom stereocenters. The van der Waals surface area contributed by atoms with Gasteiger partial charge in [-0.15, -0.1) is 0 Å². The lowest BCUT2D eigenvalue weighted by atomic mass is 10.0. The van der Waals surface area contributed by atoms with Crippen molar-refractivity contribution in [2.24, 2.45) is 0 Å². The number of rotatable bonds is 7. The summed E-state index contributed by atoms with van der Waals surface area (Å²) in [4.78, 5) is 14.0. The Morgan fingerprint density at radius 2 is 0.825 bits per heavy atom. The number of fused-ring (bicyclic) bond motifs is 6. The van der Waals surface area contributed by atoms with Crippen molar-refractivity contribution >= 4 is 67.2 Å². The molecule has 5 nitrogen and oxygen atoms in total. The number of aromatic nitrogens is 5. The zero-order valence-electron chi connectivity index (χ0n) is 59.3. The van der Waals surface area contributed by atoms with Gasteiger partial charge in [0.15, 0.2) is 13.9 Å². The summed E-state index contributed by atoms with van der Waals surface area (Å²) in [7, 11) is -5.45. The van der Waals surface area contributed by atoms with Crippen LogP contribution < -0.4 is 15.6 Å². The van der Waals surface area contributed by atoms with Gasteiger partial charge in [-0.2, -0.15) is 15.0 Å². The molecule has 0 amide bonds. The minimum atomic E-state index is -5.45. The number of hydrogen-bond acceptors (Lipinski definition) is 3. The van der Waals surface area contributed by atoms with Crippen LogP contribution in [0, 0.1) is 0 Å². The maximum atomic E-state index is 10.6. The highest BCUT2D eigenvalue weighted by Crippen LogP contribution is 2.38. The van der Waals surface area contributed by atoms with Gasteiger partial charge in [-0.3, -0.25) is 9.13 Å². The Bertz CT molecular complexity index is 4360. The SMILES string of the molecule is [2H]c1c([2H])c([2H])c([Si](c2c([2H])c([2H])c([2H])c([2H])c2[2H])(c2c([2H])c([2H])c([2H])c(-c3nc(-n4c5c([2H])c([2H])c([2H])c([2H])c5c5c([2H])c([2H])c([2H])c([2H])c54)nc(-n4c5c([2H])c([2H])c([2H])c([2H])c5c5c([2H])c([2H])c([2H])c([2H])c54)n3)c2[2H])C2CCCCC2)c([2H])c1[2H]. The lowest BCUT2D eigenvalue weighted by Gasteiger charge is -2.42. The van der Waals surface area contributed by atoms with Gasteiger partial charge in [0.2, 0.25) is 11.9 Å². The summed E-state index contributed by atoms with van der Waals surface area (Å²) in [6.07, 6.45) is 1.24. The molecule has 3 aromatic heterocycles. The zero-order valence-corrected chi connectivity index (χ0v) is 30.3. The van der Waals surface area contributed by atoms with E-state index in [2.05, 4.69) is 15.0 Å². The Morgan fingerprint density at radius 1 is 0.421 bits per heavy atom. The average Bonchev–Trinajstić information content (AvgIpc) is 1.52. The Labute approximate surface area is 375 Å². The van der Waals surface area contributed by atoms with Gasteiger partial charge in [-0.05, 0) is 45.3 Å². The molecule has 0 N–H and O–H groups in total. The molecular formula is C51H41N5Si. The van der Waals surface area contributed by atoms with E-state index < -0.39 is 277 Å². The molecule has 0 aliphatic heterocycles. The van der Waals surface area contributed by atoms with Gasteiger partial charge in [-0.25, -0.2) is 0 Å². The highest BCUT2D eigenvalue weighted by Gasteiger charge is 2.46. The normalized spacial score (nSPS) is 21.3. The average molecular weight is 782 g/mol. The van der Waals surface area contributed by atoms with Gasteiger partial charge in [0.05, 0.1) is 63.2 Å². The van der Waals surface area contributed by atoms with Crippen LogP contribution in [0.2, 0.25) is 5.54 Å². The quantitative estimate of drug-likeness (QED) is 0.120. The molecule has 1 aliphatic carbocycles. The number of para-hydroxylation sites is 4. The molecule has 1 saturated carbocycles. The molecular weight excluding hydrogens is 711 g/mol. The van der Waals surface area contributed by atoms with Crippen molar-refractivity contribution in [3.63, 3.8) is 0 Å². The Balaban J connectivity index is 1.44. The van der Waals surface area contributed by atoms with Gasteiger partial charge >= 0.3 is 0 Å². The monoisotopic (exact) mass is 782 g/mol. The molecule has 57 heavy (non-hydrogen) atoms. The van der Waals surface area contributed by atoms with Gasteiger partial charge in [0.1, 0.15) is 0 Å². The predicted molar refractivity (Wildman–Crippen MR) is 238 cm³/mol. The van der Waals surface area contributed by atoms with E-state index in [1.165, 1.54) is 0 Å². The van der Waals surface area contributed by atoms with E-state index in [1.54, 1.807) is 0 Å². The molecule has 1 aliphatic rings. The van der Waals surface area contributed by atoms with Crippen molar-refractivity contribution < 1.29 is 41.1 Å². The van der Waals surface area contributed by atoms with Crippen molar-refractivity contribution in [3.8, 4) is 23.3 Å². The first kappa shape index (κ1) is 15.0. The van der Waals surface area contributed by atoms with Crippen molar-refractivity contribution in [2.75, 3.05) is 0 Å². The van der Waals surface area contributed by atoms with Crippen LogP contribution in [0.1, 0.15) is 73.2 Å². The summed E-state index contributed by atoms with van der Waals surface area (Å²) < 4.78 is 277. The van der Waals surface area contributed by atoms with Crippen LogP contribution in [0.25, 0.3) is 66.9 Å². The van der Waals surface area contributed by atoms with Crippen LogP contribution in [-0.2, 0) is 0 Å². The molecule has 7 aromatic carbocycles. The molecule has 6 heteroatoms. The van der Waals surface area contributed by atoms with E-state index in [0.717, 1.165) is 9.13 Å². The third kappa shape index (κ3) is 5.39. The molecule has 10 aromatic rings. The van der Waals surface area contributed by atoms with Crippen LogP contribution in [0.4, 0.5) is 0 Å². The van der Waals surface area contributed by atoms with E-state index in [4.69, 9.17) is 24.7 Å². The van der Waals surface area contributed by atoms with Gasteiger partial charge in [0, 0.05) is 27.1 Å². The fourth-order valence-corrected chi connectivity index (χ4v) is 12.8. The highest BCUT2D eigenvalue weighted by molar-refractivity contribution is 7.12. The summed E-state index contributed by atoms with van der Waals surface area (Å²) in [5, 5.41) is -4.13. The largest absolute Gasteiger partial charge is 0.278 e. The fraction of sp³-hybridized carbons (Fsp3) is 0.118. The van der Waals surface area contributed by atoms with E-state index in [0.29, 0.717) is 19.3 Å². The summed E-state index contributed by atoms with van der Waals surface area (Å²) in [6.45, 7) is 0. The third-order valence-electron chi connectivity index (χ3n) is 10.3. The summed E-state index contributed by atoms with van der Waals surface area (Å²) >= 11 is 0. The molecule has 0 radical (unpaired) electrons. The standard InChI is InChI=1S/C51H41N5Si/c1-4-20-37(21-5-1)57(38-22-6-2-7-23-38,39-24-8-3-9-25-39)40-26-18-19-36(35-40)49-52-50(55-45-31-14-10-27-41(45)42-28-11-15-32-46(42)55)54-51(53-49)56-47-33-16-12-29-43(47)44-30-13-17-34-48(44)56/h1-2,4-7,10-23,26-35,39H,3,8-9,24-25H2/i1D,2D,4D,5D,6D,7D,10D,11D,12D,13D,14D,15D,16D,17D,18D,19D,20D,21D,22D,23D,26D,27D,28D,29D,30D,31D,32D,33D,34D,35D. The molecule has 1 fully saturated rings. The van der Waals surface area contributed by atoms with E-state index in [-0.39, 0.29) is 12.8 Å². The number of hydrogen-bond donors (Lipinski definition) is 0. The molecule has 0 saturated heterocycles. The van der Waals surface area contributed by atoms with Gasteiger partial charge in [-0.1, -0.05) is 189 Å². The minimum Gasteiger partial charge on any atom is -0.278 e. The molecule has 0 spiro atoms. The number of benzene rings is 7. The molecule has 0 bridgehead atoms. The molecule has 274 valence electrons. The van der Waals surface area contributed by atoms with Gasteiger partial charge < -0.3 is 0 Å². The molecule has 0 unspecified atom stereocenters. The predicted octanol–water partition coefficient (Wildman–Crippen LogP) is 10.5. The van der Waals surface area contributed by atoms with Crippen LogP contribution in [-0.4, -0.2) is 32.2 Å². The first-order valence-electron chi connectivity index (χ1n) is 32.8. The second-order valence-electron chi connectivity index (χ2n) is 13.2. The summed E-state index contributed by atoms with van der Waals surface area (Å²) in [5.41, 5.74) is -4.61. The third-order valence-corrected chi connectivity index (χ3v) is 15.2. The minimum absolute atomic E-state index is 0.0240. The van der Waals surface area contributed by atoms with Crippen LogP contribution in [0.3, 0.4) is 0 Å². The molecule has 11 rings (SSSR count). The highest BCUT2D eigenvalue weighted by atomic mass is 28.3.